The van der Waals surface area contributed by atoms with Gasteiger partial charge < -0.3 is 9.30 Å². The van der Waals surface area contributed by atoms with E-state index in [0.717, 1.165) is 23.4 Å². The van der Waals surface area contributed by atoms with Crippen LogP contribution in [-0.2, 0) is 6.42 Å². The molecule has 1 aliphatic carbocycles. The molecule has 1 saturated carbocycles. The number of ether oxygens (including phenoxy) is 1. The molecule has 0 saturated heterocycles. The van der Waals surface area contributed by atoms with Crippen molar-refractivity contribution >= 4 is 22.8 Å². The predicted molar refractivity (Wildman–Crippen MR) is 83.0 cm³/mol. The lowest BCUT2D eigenvalue weighted by Gasteiger charge is -2.19. The first-order valence-electron chi connectivity index (χ1n) is 7.67. The number of aryl methyl sites for hydroxylation is 1. The Kier molecular flexibility index (Phi) is 4.58. The number of aromatic nitrogens is 4. The molecule has 0 N–H and O–H groups in total. The molecule has 0 aromatic carbocycles. The zero-order chi connectivity index (χ0) is 14.7. The van der Waals surface area contributed by atoms with Gasteiger partial charge in [-0.25, -0.2) is 9.97 Å². The monoisotopic (exact) mass is 308 g/mol. The molecule has 0 aliphatic heterocycles. The standard InChI is InChI=1S/C15H21ClN4O/c1-21-15-13-14(17-10-18-15)20(12(19-13)8-9-16)11-6-4-2-3-5-7-11/h10-11H,2-9H2,1H3. The van der Waals surface area contributed by atoms with Crippen molar-refractivity contribution in [2.45, 2.75) is 51.0 Å². The van der Waals surface area contributed by atoms with Crippen molar-refractivity contribution < 1.29 is 4.74 Å². The average Bonchev–Trinajstić information content (AvgIpc) is 2.69. The average molecular weight is 309 g/mol. The Balaban J connectivity index is 2.11. The summed E-state index contributed by atoms with van der Waals surface area (Å²) in [6, 6.07) is 0.468. The molecule has 0 radical (unpaired) electrons. The van der Waals surface area contributed by atoms with Gasteiger partial charge in [0.05, 0.1) is 7.11 Å². The Hall–Kier alpha value is -1.36. The van der Waals surface area contributed by atoms with E-state index in [1.54, 1.807) is 13.4 Å². The minimum absolute atomic E-state index is 0.468. The van der Waals surface area contributed by atoms with Gasteiger partial charge in [-0.1, -0.05) is 25.7 Å². The Morgan fingerprint density at radius 1 is 1.24 bits per heavy atom. The molecule has 0 amide bonds. The second-order valence-corrected chi connectivity index (χ2v) is 5.92. The van der Waals surface area contributed by atoms with Gasteiger partial charge in [0.2, 0.25) is 5.88 Å². The summed E-state index contributed by atoms with van der Waals surface area (Å²) >= 11 is 5.96. The number of imidazole rings is 1. The third-order valence-corrected chi connectivity index (χ3v) is 4.41. The second-order valence-electron chi connectivity index (χ2n) is 5.54. The maximum absolute atomic E-state index is 5.96. The molecule has 0 unspecified atom stereocenters. The number of rotatable bonds is 4. The lowest BCUT2D eigenvalue weighted by atomic mass is 10.1. The first-order chi connectivity index (χ1) is 10.3. The maximum Gasteiger partial charge on any atom is 0.245 e. The number of hydrogen-bond donors (Lipinski definition) is 0. The highest BCUT2D eigenvalue weighted by atomic mass is 35.5. The fourth-order valence-corrected chi connectivity index (χ4v) is 3.41. The van der Waals surface area contributed by atoms with Gasteiger partial charge >= 0.3 is 0 Å². The normalized spacial score (nSPS) is 17.0. The van der Waals surface area contributed by atoms with E-state index >= 15 is 0 Å². The van der Waals surface area contributed by atoms with Crippen molar-refractivity contribution in [2.75, 3.05) is 13.0 Å². The summed E-state index contributed by atoms with van der Waals surface area (Å²) in [4.78, 5) is 13.3. The Labute approximate surface area is 129 Å². The van der Waals surface area contributed by atoms with Crippen LogP contribution in [0.4, 0.5) is 0 Å². The third kappa shape index (κ3) is 2.84. The van der Waals surface area contributed by atoms with Crippen molar-refractivity contribution in [3.8, 4) is 5.88 Å². The van der Waals surface area contributed by atoms with Crippen molar-refractivity contribution in [3.05, 3.63) is 12.2 Å². The summed E-state index contributed by atoms with van der Waals surface area (Å²) in [5, 5.41) is 0. The van der Waals surface area contributed by atoms with Crippen molar-refractivity contribution in [1.29, 1.82) is 0 Å². The highest BCUT2D eigenvalue weighted by molar-refractivity contribution is 6.17. The fraction of sp³-hybridized carbons (Fsp3) is 0.667. The van der Waals surface area contributed by atoms with E-state index in [1.165, 1.54) is 38.5 Å². The summed E-state index contributed by atoms with van der Waals surface area (Å²) in [6.45, 7) is 0. The highest BCUT2D eigenvalue weighted by Gasteiger charge is 2.23. The number of methoxy groups -OCH3 is 1. The largest absolute Gasteiger partial charge is 0.479 e. The van der Waals surface area contributed by atoms with Gasteiger partial charge in [-0.05, 0) is 12.8 Å². The zero-order valence-corrected chi connectivity index (χ0v) is 13.1. The van der Waals surface area contributed by atoms with Crippen molar-refractivity contribution in [3.63, 3.8) is 0 Å². The number of alkyl halides is 1. The molecule has 0 bridgehead atoms. The van der Waals surface area contributed by atoms with E-state index in [9.17, 15) is 0 Å². The lowest BCUT2D eigenvalue weighted by molar-refractivity contribution is 0.401. The number of fused-ring (bicyclic) bond motifs is 1. The Morgan fingerprint density at radius 2 is 2.00 bits per heavy atom. The highest BCUT2D eigenvalue weighted by Crippen LogP contribution is 2.32. The lowest BCUT2D eigenvalue weighted by Crippen LogP contribution is -2.13. The van der Waals surface area contributed by atoms with E-state index in [1.807, 2.05) is 0 Å². The number of halogens is 1. The summed E-state index contributed by atoms with van der Waals surface area (Å²) in [7, 11) is 1.62. The summed E-state index contributed by atoms with van der Waals surface area (Å²) in [5.74, 6) is 2.11. The molecule has 1 fully saturated rings. The topological polar surface area (TPSA) is 52.8 Å². The van der Waals surface area contributed by atoms with Gasteiger partial charge in [0, 0.05) is 18.3 Å². The van der Waals surface area contributed by atoms with E-state index in [0.29, 0.717) is 17.8 Å². The van der Waals surface area contributed by atoms with Crippen LogP contribution in [0.3, 0.4) is 0 Å². The van der Waals surface area contributed by atoms with E-state index < -0.39 is 0 Å². The second kappa shape index (κ2) is 6.60. The number of nitrogens with zero attached hydrogens (tertiary/aromatic N) is 4. The van der Waals surface area contributed by atoms with Gasteiger partial charge in [0.15, 0.2) is 11.2 Å². The van der Waals surface area contributed by atoms with Gasteiger partial charge in [-0.15, -0.1) is 11.6 Å². The Morgan fingerprint density at radius 3 is 2.67 bits per heavy atom. The SMILES string of the molecule is COc1ncnc2c1nc(CCCl)n2C1CCCCCC1. The van der Waals surface area contributed by atoms with Gasteiger partial charge in [-0.2, -0.15) is 4.98 Å². The minimum Gasteiger partial charge on any atom is -0.479 e. The van der Waals surface area contributed by atoms with E-state index in [-0.39, 0.29) is 0 Å². The number of hydrogen-bond acceptors (Lipinski definition) is 4. The van der Waals surface area contributed by atoms with Crippen LogP contribution in [0.1, 0.15) is 50.4 Å². The summed E-state index contributed by atoms with van der Waals surface area (Å²) in [6.07, 6.45) is 9.87. The maximum atomic E-state index is 5.96. The van der Waals surface area contributed by atoms with Crippen LogP contribution in [0.15, 0.2) is 6.33 Å². The fourth-order valence-electron chi connectivity index (χ4n) is 3.24. The molecule has 2 heterocycles. The van der Waals surface area contributed by atoms with Gasteiger partial charge in [0.1, 0.15) is 12.2 Å². The molecule has 5 nitrogen and oxygen atoms in total. The van der Waals surface area contributed by atoms with Crippen LogP contribution in [0.5, 0.6) is 5.88 Å². The molecule has 2 aromatic rings. The van der Waals surface area contributed by atoms with Crippen LogP contribution < -0.4 is 4.74 Å². The first kappa shape index (κ1) is 14.6. The molecule has 3 rings (SSSR count). The molecule has 2 aromatic heterocycles. The van der Waals surface area contributed by atoms with Gasteiger partial charge in [-0.3, -0.25) is 0 Å². The van der Waals surface area contributed by atoms with Crippen molar-refractivity contribution in [1.82, 2.24) is 19.5 Å². The molecule has 0 atom stereocenters. The van der Waals surface area contributed by atoms with Crippen LogP contribution in [0, 0.1) is 0 Å². The molecule has 1 aliphatic rings. The van der Waals surface area contributed by atoms with Crippen LogP contribution >= 0.6 is 11.6 Å². The van der Waals surface area contributed by atoms with Crippen LogP contribution in [0.25, 0.3) is 11.2 Å². The Bertz CT molecular complexity index is 605. The zero-order valence-electron chi connectivity index (χ0n) is 12.4. The van der Waals surface area contributed by atoms with E-state index in [4.69, 9.17) is 21.3 Å². The van der Waals surface area contributed by atoms with E-state index in [2.05, 4.69) is 14.5 Å². The predicted octanol–water partition coefficient (Wildman–Crippen LogP) is 3.51. The van der Waals surface area contributed by atoms with Crippen molar-refractivity contribution in [2.24, 2.45) is 0 Å². The van der Waals surface area contributed by atoms with Crippen LogP contribution in [-0.4, -0.2) is 32.5 Å². The first-order valence-corrected chi connectivity index (χ1v) is 8.20. The molecular formula is C15H21ClN4O. The summed E-state index contributed by atoms with van der Waals surface area (Å²) < 4.78 is 7.61. The smallest absolute Gasteiger partial charge is 0.245 e. The molecular weight excluding hydrogens is 288 g/mol. The quantitative estimate of drug-likeness (QED) is 0.640. The molecule has 0 spiro atoms. The summed E-state index contributed by atoms with van der Waals surface area (Å²) in [5.41, 5.74) is 1.64. The minimum atomic E-state index is 0.468. The van der Waals surface area contributed by atoms with Crippen LogP contribution in [0.2, 0.25) is 0 Å². The third-order valence-electron chi connectivity index (χ3n) is 4.22. The molecule has 6 heteroatoms. The molecule has 114 valence electrons. The van der Waals surface area contributed by atoms with Gasteiger partial charge in [0.25, 0.3) is 0 Å². The molecule has 21 heavy (non-hydrogen) atoms.